The SMILES string of the molecule is CC(Br)CC(C)Nc1ncccc1C(F)(F)F. The highest BCUT2D eigenvalue weighted by Gasteiger charge is 2.34. The van der Waals surface area contributed by atoms with Crippen LogP contribution in [-0.4, -0.2) is 15.9 Å². The highest BCUT2D eigenvalue weighted by molar-refractivity contribution is 9.09. The van der Waals surface area contributed by atoms with Crippen LogP contribution < -0.4 is 5.32 Å². The van der Waals surface area contributed by atoms with Gasteiger partial charge in [-0.2, -0.15) is 13.2 Å². The molecule has 0 aliphatic rings. The predicted octanol–water partition coefficient (Wildman–Crippen LogP) is 4.07. The molecule has 0 amide bonds. The number of rotatable bonds is 4. The first-order chi connectivity index (χ1) is 7.80. The number of nitrogens with zero attached hydrogens (tertiary/aromatic N) is 1. The Morgan fingerprint density at radius 2 is 2.06 bits per heavy atom. The van der Waals surface area contributed by atoms with Crippen molar-refractivity contribution in [1.82, 2.24) is 4.98 Å². The van der Waals surface area contributed by atoms with Gasteiger partial charge in [0.15, 0.2) is 0 Å². The van der Waals surface area contributed by atoms with Gasteiger partial charge < -0.3 is 5.32 Å². The third-order valence-electron chi connectivity index (χ3n) is 2.17. The summed E-state index contributed by atoms with van der Waals surface area (Å²) in [6.45, 7) is 3.77. The monoisotopic (exact) mass is 310 g/mol. The van der Waals surface area contributed by atoms with Crippen molar-refractivity contribution >= 4 is 21.7 Å². The van der Waals surface area contributed by atoms with E-state index in [-0.39, 0.29) is 16.7 Å². The average Bonchev–Trinajstić information content (AvgIpc) is 2.15. The van der Waals surface area contributed by atoms with E-state index in [0.717, 1.165) is 6.07 Å². The molecule has 0 fully saturated rings. The van der Waals surface area contributed by atoms with Crippen LogP contribution in [-0.2, 0) is 6.18 Å². The van der Waals surface area contributed by atoms with E-state index in [0.29, 0.717) is 6.42 Å². The fourth-order valence-electron chi connectivity index (χ4n) is 1.53. The average molecular weight is 311 g/mol. The molecule has 0 saturated carbocycles. The number of alkyl halides is 4. The first-order valence-corrected chi connectivity index (χ1v) is 6.15. The van der Waals surface area contributed by atoms with Crippen molar-refractivity contribution in [3.8, 4) is 0 Å². The lowest BCUT2D eigenvalue weighted by atomic mass is 10.2. The minimum absolute atomic E-state index is 0.0830. The van der Waals surface area contributed by atoms with Gasteiger partial charge in [-0.3, -0.25) is 0 Å². The van der Waals surface area contributed by atoms with Crippen LogP contribution in [0.1, 0.15) is 25.8 Å². The highest BCUT2D eigenvalue weighted by Crippen LogP contribution is 2.33. The number of halogens is 4. The fraction of sp³-hybridized carbons (Fsp3) is 0.545. The van der Waals surface area contributed by atoms with Crippen molar-refractivity contribution in [1.29, 1.82) is 0 Å². The molecular formula is C11H14BrF3N2. The van der Waals surface area contributed by atoms with Crippen LogP contribution in [0.2, 0.25) is 0 Å². The Hall–Kier alpha value is -0.780. The van der Waals surface area contributed by atoms with Gasteiger partial charge in [0.25, 0.3) is 0 Å². The van der Waals surface area contributed by atoms with E-state index in [1.165, 1.54) is 12.3 Å². The number of nitrogens with one attached hydrogen (secondary N) is 1. The lowest BCUT2D eigenvalue weighted by Crippen LogP contribution is -2.21. The fourth-order valence-corrected chi connectivity index (χ4v) is 2.09. The Bertz CT molecular complexity index is 366. The van der Waals surface area contributed by atoms with Crippen molar-refractivity contribution in [3.05, 3.63) is 23.9 Å². The molecule has 0 aromatic carbocycles. The van der Waals surface area contributed by atoms with Crippen molar-refractivity contribution in [3.63, 3.8) is 0 Å². The maximum absolute atomic E-state index is 12.7. The van der Waals surface area contributed by atoms with Crippen LogP contribution in [0.25, 0.3) is 0 Å². The zero-order valence-corrected chi connectivity index (χ0v) is 11.1. The molecule has 2 nitrogen and oxygen atoms in total. The van der Waals surface area contributed by atoms with Crippen LogP contribution in [0, 0.1) is 0 Å². The summed E-state index contributed by atoms with van der Waals surface area (Å²) in [7, 11) is 0. The molecule has 1 rings (SSSR count). The van der Waals surface area contributed by atoms with Gasteiger partial charge in [0, 0.05) is 17.1 Å². The zero-order valence-electron chi connectivity index (χ0n) is 9.55. The molecule has 0 saturated heterocycles. The van der Waals surface area contributed by atoms with Gasteiger partial charge in [0.1, 0.15) is 5.82 Å². The third-order valence-corrected chi connectivity index (χ3v) is 2.55. The molecule has 0 aliphatic carbocycles. The molecule has 0 aliphatic heterocycles. The molecule has 0 spiro atoms. The van der Waals surface area contributed by atoms with Crippen LogP contribution in [0.5, 0.6) is 0 Å². The van der Waals surface area contributed by atoms with Crippen LogP contribution >= 0.6 is 15.9 Å². The van der Waals surface area contributed by atoms with Crippen molar-refractivity contribution < 1.29 is 13.2 Å². The number of hydrogen-bond acceptors (Lipinski definition) is 2. The molecule has 96 valence electrons. The predicted molar refractivity (Wildman–Crippen MR) is 65.3 cm³/mol. The smallest absolute Gasteiger partial charge is 0.367 e. The second-order valence-electron chi connectivity index (χ2n) is 3.96. The zero-order chi connectivity index (χ0) is 13.1. The summed E-state index contributed by atoms with van der Waals surface area (Å²) in [5.41, 5.74) is -0.728. The van der Waals surface area contributed by atoms with E-state index in [1.807, 2.05) is 13.8 Å². The lowest BCUT2D eigenvalue weighted by Gasteiger charge is -2.19. The van der Waals surface area contributed by atoms with Gasteiger partial charge in [0.2, 0.25) is 0 Å². The minimum Gasteiger partial charge on any atom is -0.367 e. The van der Waals surface area contributed by atoms with E-state index < -0.39 is 11.7 Å². The summed E-state index contributed by atoms with van der Waals surface area (Å²) in [5.74, 6) is -0.111. The number of anilines is 1. The minimum atomic E-state index is -4.38. The number of pyridine rings is 1. The van der Waals surface area contributed by atoms with Gasteiger partial charge in [0.05, 0.1) is 5.56 Å². The van der Waals surface area contributed by atoms with Crippen molar-refractivity contribution in [2.75, 3.05) is 5.32 Å². The Labute approximate surface area is 107 Å². The maximum atomic E-state index is 12.7. The second kappa shape index (κ2) is 5.71. The normalized spacial score (nSPS) is 15.4. The first kappa shape index (κ1) is 14.3. The standard InChI is InChI=1S/C11H14BrF3N2/c1-7(12)6-8(2)17-10-9(11(13,14)15)4-3-5-16-10/h3-5,7-8H,6H2,1-2H3,(H,16,17). The van der Waals surface area contributed by atoms with Crippen LogP contribution in [0.3, 0.4) is 0 Å². The maximum Gasteiger partial charge on any atom is 0.419 e. The molecule has 6 heteroatoms. The number of hydrogen-bond donors (Lipinski definition) is 1. The summed E-state index contributed by atoms with van der Waals surface area (Å²) < 4.78 is 38.0. The van der Waals surface area contributed by atoms with E-state index in [1.54, 1.807) is 0 Å². The molecule has 1 N–H and O–H groups in total. The van der Waals surface area contributed by atoms with Gasteiger partial charge in [-0.1, -0.05) is 22.9 Å². The Balaban J connectivity index is 2.84. The molecule has 1 aromatic heterocycles. The lowest BCUT2D eigenvalue weighted by molar-refractivity contribution is -0.137. The summed E-state index contributed by atoms with van der Waals surface area (Å²) in [6.07, 6.45) is -2.31. The van der Waals surface area contributed by atoms with Gasteiger partial charge in [-0.25, -0.2) is 4.98 Å². The third kappa shape index (κ3) is 4.53. The Kier molecular flexibility index (Phi) is 4.80. The van der Waals surface area contributed by atoms with Gasteiger partial charge >= 0.3 is 6.18 Å². The van der Waals surface area contributed by atoms with E-state index in [2.05, 4.69) is 26.2 Å². The van der Waals surface area contributed by atoms with E-state index in [4.69, 9.17) is 0 Å². The summed E-state index contributed by atoms with van der Waals surface area (Å²) >= 11 is 3.36. The summed E-state index contributed by atoms with van der Waals surface area (Å²) in [4.78, 5) is 3.98. The molecule has 1 aromatic rings. The van der Waals surface area contributed by atoms with E-state index >= 15 is 0 Å². The summed E-state index contributed by atoms with van der Waals surface area (Å²) in [5, 5.41) is 2.79. The molecular weight excluding hydrogens is 297 g/mol. The quantitative estimate of drug-likeness (QED) is 0.848. The molecule has 2 unspecified atom stereocenters. The highest BCUT2D eigenvalue weighted by atomic mass is 79.9. The molecule has 17 heavy (non-hydrogen) atoms. The first-order valence-electron chi connectivity index (χ1n) is 5.23. The van der Waals surface area contributed by atoms with Crippen LogP contribution in [0.15, 0.2) is 18.3 Å². The second-order valence-corrected chi connectivity index (χ2v) is 5.52. The molecule has 0 radical (unpaired) electrons. The topological polar surface area (TPSA) is 24.9 Å². The molecule has 2 atom stereocenters. The van der Waals surface area contributed by atoms with Crippen LogP contribution in [0.4, 0.5) is 19.0 Å². The summed E-state index contributed by atoms with van der Waals surface area (Å²) in [6, 6.07) is 2.23. The van der Waals surface area contributed by atoms with Gasteiger partial charge in [-0.15, -0.1) is 0 Å². The number of aromatic nitrogens is 1. The van der Waals surface area contributed by atoms with Crippen molar-refractivity contribution in [2.24, 2.45) is 0 Å². The molecule has 0 bridgehead atoms. The largest absolute Gasteiger partial charge is 0.419 e. The van der Waals surface area contributed by atoms with Gasteiger partial charge in [-0.05, 0) is 25.5 Å². The van der Waals surface area contributed by atoms with E-state index in [9.17, 15) is 13.2 Å². The van der Waals surface area contributed by atoms with Crippen molar-refractivity contribution in [2.45, 2.75) is 37.3 Å². The Morgan fingerprint density at radius 3 is 2.59 bits per heavy atom. The molecule has 1 heterocycles. The Morgan fingerprint density at radius 1 is 1.41 bits per heavy atom.